The van der Waals surface area contributed by atoms with Gasteiger partial charge in [0.25, 0.3) is 0 Å². The van der Waals surface area contributed by atoms with Gasteiger partial charge in [0.05, 0.1) is 6.21 Å². The first kappa shape index (κ1) is 23.9. The number of halogens is 1. The van der Waals surface area contributed by atoms with E-state index < -0.39 is 0 Å². The number of benzene rings is 2. The van der Waals surface area contributed by atoms with Gasteiger partial charge in [-0.25, -0.2) is 5.43 Å². The number of hydrogen-bond acceptors (Lipinski definition) is 8. The largest absolute Gasteiger partial charge is 0.341 e. The van der Waals surface area contributed by atoms with Crippen LogP contribution in [0.3, 0.4) is 0 Å². The predicted molar refractivity (Wildman–Crippen MR) is 145 cm³/mol. The summed E-state index contributed by atoms with van der Waals surface area (Å²) in [4.78, 5) is 21.0. The molecule has 0 amide bonds. The van der Waals surface area contributed by atoms with Crippen molar-refractivity contribution in [3.63, 3.8) is 0 Å². The van der Waals surface area contributed by atoms with Gasteiger partial charge in [-0.05, 0) is 68.9 Å². The molecule has 1 N–H and O–H groups in total. The minimum Gasteiger partial charge on any atom is -0.341 e. The van der Waals surface area contributed by atoms with Crippen LogP contribution in [0.2, 0.25) is 5.02 Å². The molecule has 0 aliphatic carbocycles. The Kier molecular flexibility index (Phi) is 8.00. The van der Waals surface area contributed by atoms with Crippen LogP contribution in [-0.4, -0.2) is 47.3 Å². The molecule has 2 aromatic carbocycles. The molecule has 35 heavy (non-hydrogen) atoms. The third-order valence-corrected chi connectivity index (χ3v) is 7.57. The van der Waals surface area contributed by atoms with Gasteiger partial charge in [-0.1, -0.05) is 41.6 Å². The lowest BCUT2D eigenvalue weighted by Gasteiger charge is -2.30. The fourth-order valence-electron chi connectivity index (χ4n) is 4.34. The normalized spacial score (nSPS) is 16.6. The summed E-state index contributed by atoms with van der Waals surface area (Å²) in [5.74, 6) is 1.98. The molecule has 0 unspecified atom stereocenters. The number of hydrogen-bond donors (Lipinski definition) is 1. The van der Waals surface area contributed by atoms with Crippen LogP contribution in [0.4, 0.5) is 17.8 Å². The number of nitrogens with one attached hydrogen (secondary N) is 1. The Morgan fingerprint density at radius 2 is 1.37 bits per heavy atom. The summed E-state index contributed by atoms with van der Waals surface area (Å²) in [6.45, 7) is 3.95. The van der Waals surface area contributed by atoms with E-state index >= 15 is 0 Å². The molecule has 2 fully saturated rings. The lowest BCUT2D eigenvalue weighted by molar-refractivity contribution is 0.556. The zero-order valence-corrected chi connectivity index (χ0v) is 21.3. The fourth-order valence-corrected chi connectivity index (χ4v) is 5.38. The lowest BCUT2D eigenvalue weighted by Crippen LogP contribution is -2.34. The van der Waals surface area contributed by atoms with E-state index in [1.807, 2.05) is 42.6 Å². The first-order valence-corrected chi connectivity index (χ1v) is 13.5. The predicted octanol–water partition coefficient (Wildman–Crippen LogP) is 6.10. The van der Waals surface area contributed by atoms with E-state index in [1.54, 1.807) is 11.8 Å². The molecule has 5 rings (SSSR count). The van der Waals surface area contributed by atoms with E-state index in [1.165, 1.54) is 38.5 Å². The van der Waals surface area contributed by atoms with Crippen molar-refractivity contribution in [2.45, 2.75) is 48.3 Å². The summed E-state index contributed by atoms with van der Waals surface area (Å²) < 4.78 is 0. The molecule has 9 heteroatoms. The molecule has 2 saturated heterocycles. The van der Waals surface area contributed by atoms with E-state index in [-0.39, 0.29) is 0 Å². The van der Waals surface area contributed by atoms with Gasteiger partial charge in [-0.15, -0.1) is 0 Å². The van der Waals surface area contributed by atoms with Gasteiger partial charge in [-0.3, -0.25) is 0 Å². The highest BCUT2D eigenvalue weighted by Crippen LogP contribution is 2.30. The molecule has 1 aromatic heterocycles. The van der Waals surface area contributed by atoms with Crippen molar-refractivity contribution in [1.29, 1.82) is 0 Å². The van der Waals surface area contributed by atoms with E-state index in [2.05, 4.69) is 32.5 Å². The first-order chi connectivity index (χ1) is 17.2. The molecule has 0 atom stereocenters. The van der Waals surface area contributed by atoms with Gasteiger partial charge in [0.15, 0.2) is 0 Å². The molecule has 0 spiro atoms. The minimum absolute atomic E-state index is 0.486. The van der Waals surface area contributed by atoms with Crippen molar-refractivity contribution in [3.05, 3.63) is 59.1 Å². The van der Waals surface area contributed by atoms with E-state index in [0.29, 0.717) is 5.95 Å². The molecular formula is C26H30ClN7S. The average Bonchev–Trinajstić information content (AvgIpc) is 2.92. The quantitative estimate of drug-likeness (QED) is 0.306. The van der Waals surface area contributed by atoms with Crippen LogP contribution < -0.4 is 15.2 Å². The Balaban J connectivity index is 1.35. The maximum atomic E-state index is 6.03. The zero-order chi connectivity index (χ0) is 23.9. The van der Waals surface area contributed by atoms with Crippen molar-refractivity contribution in [2.75, 3.05) is 41.4 Å². The standard InChI is InChI=1S/C26H30ClN7S/c27-21-11-13-22(14-12-21)35-23-10-4-3-9-20(23)19-28-32-24-29-25(33-15-5-1-6-16-33)31-26(30-24)34-17-7-2-8-18-34/h3-4,9-14,19H,1-2,5-8,15-18H2,(H,29,30,31,32)/b28-19+. The molecule has 3 heterocycles. The van der Waals surface area contributed by atoms with Crippen molar-refractivity contribution in [3.8, 4) is 0 Å². The SMILES string of the molecule is Clc1ccc(Sc2ccccc2/C=N/Nc2nc(N3CCCCC3)nc(N3CCCCC3)n2)cc1. The summed E-state index contributed by atoms with van der Waals surface area (Å²) in [6.07, 6.45) is 9.05. The summed E-state index contributed by atoms with van der Waals surface area (Å²) in [5.41, 5.74) is 4.09. The maximum Gasteiger partial charge on any atom is 0.250 e. The highest BCUT2D eigenvalue weighted by Gasteiger charge is 2.20. The Labute approximate surface area is 216 Å². The Morgan fingerprint density at radius 3 is 2.00 bits per heavy atom. The Hall–Kier alpha value is -2.84. The average molecular weight is 508 g/mol. The van der Waals surface area contributed by atoms with Crippen LogP contribution in [0.15, 0.2) is 63.4 Å². The number of rotatable bonds is 7. The van der Waals surface area contributed by atoms with Crippen molar-refractivity contribution < 1.29 is 0 Å². The number of piperidine rings is 2. The summed E-state index contributed by atoms with van der Waals surface area (Å²) in [6, 6.07) is 16.0. The number of nitrogens with zero attached hydrogens (tertiary/aromatic N) is 6. The summed E-state index contributed by atoms with van der Waals surface area (Å²) in [5, 5.41) is 5.24. The van der Waals surface area contributed by atoms with Crippen LogP contribution in [0.5, 0.6) is 0 Å². The van der Waals surface area contributed by atoms with Crippen molar-refractivity contribution in [2.24, 2.45) is 5.10 Å². The van der Waals surface area contributed by atoms with Crippen LogP contribution in [-0.2, 0) is 0 Å². The van der Waals surface area contributed by atoms with E-state index in [4.69, 9.17) is 26.6 Å². The van der Waals surface area contributed by atoms with Crippen LogP contribution in [0.1, 0.15) is 44.1 Å². The van der Waals surface area contributed by atoms with Gasteiger partial charge in [0.2, 0.25) is 17.8 Å². The monoisotopic (exact) mass is 507 g/mol. The van der Waals surface area contributed by atoms with Gasteiger partial charge >= 0.3 is 0 Å². The van der Waals surface area contributed by atoms with E-state index in [9.17, 15) is 0 Å². The lowest BCUT2D eigenvalue weighted by atomic mass is 10.1. The second-order valence-corrected chi connectivity index (χ2v) is 10.4. The highest BCUT2D eigenvalue weighted by molar-refractivity contribution is 7.99. The van der Waals surface area contributed by atoms with Gasteiger partial charge in [0.1, 0.15) is 0 Å². The smallest absolute Gasteiger partial charge is 0.250 e. The summed E-state index contributed by atoms with van der Waals surface area (Å²) in [7, 11) is 0. The molecule has 2 aliphatic heterocycles. The molecule has 0 radical (unpaired) electrons. The molecule has 0 bridgehead atoms. The van der Waals surface area contributed by atoms with Gasteiger partial charge in [0, 0.05) is 46.6 Å². The molecular weight excluding hydrogens is 478 g/mol. The van der Waals surface area contributed by atoms with Crippen molar-refractivity contribution >= 4 is 47.4 Å². The number of hydrazone groups is 1. The Bertz CT molecular complexity index is 1110. The first-order valence-electron chi connectivity index (χ1n) is 12.3. The third-order valence-electron chi connectivity index (χ3n) is 6.22. The van der Waals surface area contributed by atoms with Crippen LogP contribution in [0.25, 0.3) is 0 Å². The van der Waals surface area contributed by atoms with Crippen LogP contribution in [0, 0.1) is 0 Å². The Morgan fingerprint density at radius 1 is 0.771 bits per heavy atom. The fraction of sp³-hybridized carbons (Fsp3) is 0.385. The van der Waals surface area contributed by atoms with Crippen molar-refractivity contribution in [1.82, 2.24) is 15.0 Å². The summed E-state index contributed by atoms with van der Waals surface area (Å²) >= 11 is 7.71. The third kappa shape index (κ3) is 6.44. The maximum absolute atomic E-state index is 6.03. The van der Waals surface area contributed by atoms with Gasteiger partial charge < -0.3 is 9.80 Å². The zero-order valence-electron chi connectivity index (χ0n) is 19.7. The number of anilines is 3. The van der Waals surface area contributed by atoms with E-state index in [0.717, 1.165) is 58.5 Å². The second kappa shape index (κ2) is 11.7. The molecule has 7 nitrogen and oxygen atoms in total. The topological polar surface area (TPSA) is 69.5 Å². The molecule has 0 saturated carbocycles. The van der Waals surface area contributed by atoms with Gasteiger partial charge in [-0.2, -0.15) is 20.1 Å². The molecule has 2 aliphatic rings. The van der Waals surface area contributed by atoms with Crippen LogP contribution >= 0.6 is 23.4 Å². The molecule has 182 valence electrons. The molecule has 3 aromatic rings. The minimum atomic E-state index is 0.486. The second-order valence-electron chi connectivity index (χ2n) is 8.82. The number of aromatic nitrogens is 3. The highest BCUT2D eigenvalue weighted by atomic mass is 35.5.